The summed E-state index contributed by atoms with van der Waals surface area (Å²) in [5, 5.41) is 16.6. The minimum Gasteiger partial charge on any atom is -0.481 e. The quantitative estimate of drug-likeness (QED) is 0.833. The third kappa shape index (κ3) is 3.95. The maximum atomic E-state index is 12.8. The van der Waals surface area contributed by atoms with E-state index in [9.17, 15) is 9.59 Å². The molecule has 1 saturated carbocycles. The van der Waals surface area contributed by atoms with Crippen molar-refractivity contribution in [2.45, 2.75) is 51.5 Å². The van der Waals surface area contributed by atoms with Crippen molar-refractivity contribution in [3.63, 3.8) is 0 Å². The molecule has 0 saturated heterocycles. The molecule has 0 unspecified atom stereocenters. The van der Waals surface area contributed by atoms with Gasteiger partial charge in [0.15, 0.2) is 0 Å². The molecule has 6 nitrogen and oxygen atoms in total. The Hall–Kier alpha value is -2.63. The predicted molar refractivity (Wildman–Crippen MR) is 98.4 cm³/mol. The monoisotopic (exact) mass is 355 g/mol. The normalized spacial score (nSPS) is 19.9. The molecule has 0 radical (unpaired) electrons. The fourth-order valence-electron chi connectivity index (χ4n) is 3.58. The van der Waals surface area contributed by atoms with Crippen molar-refractivity contribution in [3.05, 3.63) is 47.8 Å². The summed E-state index contributed by atoms with van der Waals surface area (Å²) < 4.78 is 1.83. The molecule has 6 heteroatoms. The van der Waals surface area contributed by atoms with Crippen molar-refractivity contribution >= 4 is 11.9 Å². The number of benzene rings is 1. The highest BCUT2D eigenvalue weighted by molar-refractivity contribution is 5.95. The predicted octanol–water partition coefficient (Wildman–Crippen LogP) is 3.20. The summed E-state index contributed by atoms with van der Waals surface area (Å²) in [6, 6.07) is 9.84. The Labute approximate surface area is 153 Å². The molecule has 1 heterocycles. The van der Waals surface area contributed by atoms with Crippen LogP contribution < -0.4 is 5.32 Å². The average Bonchev–Trinajstić information content (AvgIpc) is 3.07. The first kappa shape index (κ1) is 18.2. The molecule has 0 atom stereocenters. The van der Waals surface area contributed by atoms with Gasteiger partial charge in [0.25, 0.3) is 5.91 Å². The standard InChI is InChI=1S/C20H25N3O3/c1-2-6-18-17(13-21-23(18)16-7-4-3-5-8-16)19(24)22-15-11-9-14(10-12-15)20(25)26/h3-5,7-8,13-15H,2,6,9-12H2,1H3,(H,22,24)(H,25,26). The molecule has 0 bridgehead atoms. The first-order chi connectivity index (χ1) is 12.6. The van der Waals surface area contributed by atoms with E-state index in [2.05, 4.69) is 17.3 Å². The molecule has 2 N–H and O–H groups in total. The number of hydrogen-bond donors (Lipinski definition) is 2. The van der Waals surface area contributed by atoms with Crippen LogP contribution in [0.1, 0.15) is 55.1 Å². The van der Waals surface area contributed by atoms with E-state index >= 15 is 0 Å². The van der Waals surface area contributed by atoms with Crippen LogP contribution in [0, 0.1) is 5.92 Å². The molecule has 3 rings (SSSR count). The Morgan fingerprint density at radius 1 is 1.19 bits per heavy atom. The lowest BCUT2D eigenvalue weighted by Crippen LogP contribution is -2.39. The number of carbonyl (C=O) groups is 2. The SMILES string of the molecule is CCCc1c(C(=O)NC2CCC(C(=O)O)CC2)cnn1-c1ccccc1. The van der Waals surface area contributed by atoms with Crippen molar-refractivity contribution in [2.75, 3.05) is 0 Å². The Balaban J connectivity index is 1.73. The fraction of sp³-hybridized carbons (Fsp3) is 0.450. The average molecular weight is 355 g/mol. The van der Waals surface area contributed by atoms with E-state index in [1.807, 2.05) is 35.0 Å². The van der Waals surface area contributed by atoms with Gasteiger partial charge in [-0.1, -0.05) is 31.5 Å². The van der Waals surface area contributed by atoms with Gasteiger partial charge in [0.2, 0.25) is 0 Å². The summed E-state index contributed by atoms with van der Waals surface area (Å²) in [6.45, 7) is 2.08. The molecule has 0 aliphatic heterocycles. The number of hydrogen-bond acceptors (Lipinski definition) is 3. The molecule has 26 heavy (non-hydrogen) atoms. The van der Waals surface area contributed by atoms with Gasteiger partial charge < -0.3 is 10.4 Å². The van der Waals surface area contributed by atoms with E-state index in [0.29, 0.717) is 31.2 Å². The molecule has 1 aliphatic rings. The van der Waals surface area contributed by atoms with Crippen LogP contribution in [0.2, 0.25) is 0 Å². The number of carboxylic acids is 1. The van der Waals surface area contributed by atoms with Crippen molar-refractivity contribution in [2.24, 2.45) is 5.92 Å². The summed E-state index contributed by atoms with van der Waals surface area (Å²) in [7, 11) is 0. The van der Waals surface area contributed by atoms with Crippen molar-refractivity contribution < 1.29 is 14.7 Å². The lowest BCUT2D eigenvalue weighted by Gasteiger charge is -2.26. The zero-order valence-corrected chi connectivity index (χ0v) is 15.0. The van der Waals surface area contributed by atoms with E-state index in [0.717, 1.165) is 24.2 Å². The van der Waals surface area contributed by atoms with Crippen molar-refractivity contribution in [1.29, 1.82) is 0 Å². The summed E-state index contributed by atoms with van der Waals surface area (Å²) >= 11 is 0. The third-order valence-corrected chi connectivity index (χ3v) is 5.01. The lowest BCUT2D eigenvalue weighted by atomic mass is 9.86. The van der Waals surface area contributed by atoms with Gasteiger partial charge in [0.1, 0.15) is 0 Å². The lowest BCUT2D eigenvalue weighted by molar-refractivity contribution is -0.142. The molecule has 1 amide bonds. The first-order valence-electron chi connectivity index (χ1n) is 9.26. The van der Waals surface area contributed by atoms with Crippen LogP contribution in [0.25, 0.3) is 5.69 Å². The van der Waals surface area contributed by atoms with Crippen LogP contribution in [0.15, 0.2) is 36.5 Å². The molecule has 1 fully saturated rings. The number of nitrogens with one attached hydrogen (secondary N) is 1. The van der Waals surface area contributed by atoms with Gasteiger partial charge in [-0.05, 0) is 44.2 Å². The van der Waals surface area contributed by atoms with Gasteiger partial charge in [-0.25, -0.2) is 4.68 Å². The zero-order chi connectivity index (χ0) is 18.5. The van der Waals surface area contributed by atoms with E-state index in [4.69, 9.17) is 5.11 Å². The third-order valence-electron chi connectivity index (χ3n) is 5.01. The number of para-hydroxylation sites is 1. The Morgan fingerprint density at radius 2 is 1.88 bits per heavy atom. The van der Waals surface area contributed by atoms with E-state index in [1.165, 1.54) is 0 Å². The van der Waals surface area contributed by atoms with Gasteiger partial charge in [0, 0.05) is 6.04 Å². The highest BCUT2D eigenvalue weighted by Crippen LogP contribution is 2.25. The van der Waals surface area contributed by atoms with Crippen molar-refractivity contribution in [3.8, 4) is 5.69 Å². The number of rotatable bonds is 6. The number of carboxylic acid groups (broad SMARTS) is 1. The second-order valence-electron chi connectivity index (χ2n) is 6.86. The Bertz CT molecular complexity index is 762. The molecule has 1 aromatic carbocycles. The highest BCUT2D eigenvalue weighted by atomic mass is 16.4. The molecule has 1 aromatic heterocycles. The molecular weight excluding hydrogens is 330 g/mol. The smallest absolute Gasteiger partial charge is 0.306 e. The van der Waals surface area contributed by atoms with Gasteiger partial charge in [-0.2, -0.15) is 5.10 Å². The molecule has 2 aromatic rings. The second kappa shape index (κ2) is 8.17. The molecular formula is C20H25N3O3. The largest absolute Gasteiger partial charge is 0.481 e. The molecule has 0 spiro atoms. The van der Waals surface area contributed by atoms with E-state index in [1.54, 1.807) is 6.20 Å². The zero-order valence-electron chi connectivity index (χ0n) is 15.0. The van der Waals surface area contributed by atoms with Crippen molar-refractivity contribution in [1.82, 2.24) is 15.1 Å². The minimum atomic E-state index is -0.732. The van der Waals surface area contributed by atoms with Crippen LogP contribution in [0.5, 0.6) is 0 Å². The van der Waals surface area contributed by atoms with Gasteiger partial charge in [-0.15, -0.1) is 0 Å². The van der Waals surface area contributed by atoms with Gasteiger partial charge in [-0.3, -0.25) is 9.59 Å². The topological polar surface area (TPSA) is 84.2 Å². The number of aliphatic carboxylic acids is 1. The number of aromatic nitrogens is 2. The van der Waals surface area contributed by atoms with Crippen LogP contribution in [-0.2, 0) is 11.2 Å². The van der Waals surface area contributed by atoms with Gasteiger partial charge >= 0.3 is 5.97 Å². The number of carbonyl (C=O) groups excluding carboxylic acids is 1. The maximum Gasteiger partial charge on any atom is 0.306 e. The molecule has 138 valence electrons. The molecule has 1 aliphatic carbocycles. The second-order valence-corrected chi connectivity index (χ2v) is 6.86. The Kier molecular flexibility index (Phi) is 5.71. The van der Waals surface area contributed by atoms with E-state index < -0.39 is 5.97 Å². The Morgan fingerprint density at radius 3 is 2.50 bits per heavy atom. The van der Waals surface area contributed by atoms with Gasteiger partial charge in [0.05, 0.1) is 29.1 Å². The number of nitrogens with zero attached hydrogens (tertiary/aromatic N) is 2. The fourth-order valence-corrected chi connectivity index (χ4v) is 3.58. The summed E-state index contributed by atoms with van der Waals surface area (Å²) in [5.74, 6) is -1.13. The maximum absolute atomic E-state index is 12.8. The summed E-state index contributed by atoms with van der Waals surface area (Å²) in [5.41, 5.74) is 2.46. The first-order valence-corrected chi connectivity index (χ1v) is 9.26. The number of amides is 1. The minimum absolute atomic E-state index is 0.0349. The summed E-state index contributed by atoms with van der Waals surface area (Å²) in [6.07, 6.45) is 5.97. The summed E-state index contributed by atoms with van der Waals surface area (Å²) in [4.78, 5) is 23.8. The van der Waals surface area contributed by atoms with Crippen LogP contribution in [0.3, 0.4) is 0 Å². The van der Waals surface area contributed by atoms with E-state index in [-0.39, 0.29) is 17.9 Å². The van der Waals surface area contributed by atoms with Crippen LogP contribution in [0.4, 0.5) is 0 Å². The van der Waals surface area contributed by atoms with Crippen LogP contribution in [-0.4, -0.2) is 32.8 Å². The van der Waals surface area contributed by atoms with Crippen LogP contribution >= 0.6 is 0 Å². The highest BCUT2D eigenvalue weighted by Gasteiger charge is 2.28.